The van der Waals surface area contributed by atoms with Crippen LogP contribution in [0, 0.1) is 5.41 Å². The van der Waals surface area contributed by atoms with Crippen molar-refractivity contribution in [3.63, 3.8) is 0 Å². The molecular weight excluding hydrogens is 234 g/mol. The van der Waals surface area contributed by atoms with Gasteiger partial charge in [-0.3, -0.25) is 0 Å². The second-order valence-electron chi connectivity index (χ2n) is 5.69. The molecule has 3 rings (SSSR count). The maximum atomic E-state index is 9.74. The number of aliphatic hydroxyl groups is 1. The summed E-state index contributed by atoms with van der Waals surface area (Å²) >= 11 is 5.98. The van der Waals surface area contributed by atoms with Gasteiger partial charge in [-0.2, -0.15) is 0 Å². The first-order valence-electron chi connectivity index (χ1n) is 5.88. The van der Waals surface area contributed by atoms with Crippen LogP contribution in [-0.4, -0.2) is 16.7 Å². The van der Waals surface area contributed by atoms with Crippen molar-refractivity contribution in [2.75, 3.05) is 6.61 Å². The zero-order chi connectivity index (χ0) is 12.3. The van der Waals surface area contributed by atoms with Gasteiger partial charge < -0.3 is 10.1 Å². The molecule has 0 amide bonds. The Kier molecular flexibility index (Phi) is 2.14. The highest BCUT2D eigenvalue weighted by Crippen LogP contribution is 2.64. The van der Waals surface area contributed by atoms with E-state index in [-0.39, 0.29) is 17.4 Å². The third-order valence-electron chi connectivity index (χ3n) is 4.34. The predicted octanol–water partition coefficient (Wildman–Crippen LogP) is 3.48. The van der Waals surface area contributed by atoms with E-state index in [0.717, 1.165) is 17.0 Å². The molecule has 1 unspecified atom stereocenters. The molecule has 2 nitrogen and oxygen atoms in total. The molecule has 1 aromatic carbocycles. The van der Waals surface area contributed by atoms with Gasteiger partial charge in [-0.1, -0.05) is 31.5 Å². The molecule has 1 saturated carbocycles. The molecule has 0 aliphatic heterocycles. The van der Waals surface area contributed by atoms with Gasteiger partial charge in [0.15, 0.2) is 0 Å². The van der Waals surface area contributed by atoms with Crippen molar-refractivity contribution in [3.8, 4) is 0 Å². The number of hydrogen-bond acceptors (Lipinski definition) is 1. The molecule has 1 aliphatic carbocycles. The van der Waals surface area contributed by atoms with Crippen LogP contribution in [0.3, 0.4) is 0 Å². The van der Waals surface area contributed by atoms with E-state index in [4.69, 9.17) is 11.6 Å². The number of benzene rings is 1. The largest absolute Gasteiger partial charge is 0.395 e. The van der Waals surface area contributed by atoms with Crippen LogP contribution >= 0.6 is 11.6 Å². The Labute approximate surface area is 106 Å². The summed E-state index contributed by atoms with van der Waals surface area (Å²) in [6.45, 7) is 4.62. The topological polar surface area (TPSA) is 36.0 Å². The molecule has 2 N–H and O–H groups in total. The number of aromatic amines is 1. The summed E-state index contributed by atoms with van der Waals surface area (Å²) in [4.78, 5) is 3.25. The molecule has 1 aliphatic rings. The lowest BCUT2D eigenvalue weighted by atomic mass is 9.88. The van der Waals surface area contributed by atoms with Crippen LogP contribution in [0.4, 0.5) is 0 Å². The van der Waals surface area contributed by atoms with Crippen LogP contribution in [0.1, 0.15) is 25.8 Å². The predicted molar refractivity (Wildman–Crippen MR) is 70.5 cm³/mol. The Balaban J connectivity index is 2.19. The molecule has 1 atom stereocenters. The van der Waals surface area contributed by atoms with Crippen LogP contribution < -0.4 is 0 Å². The minimum atomic E-state index is -0.0842. The first-order valence-corrected chi connectivity index (χ1v) is 6.26. The van der Waals surface area contributed by atoms with E-state index < -0.39 is 0 Å². The maximum absolute atomic E-state index is 9.74. The van der Waals surface area contributed by atoms with Crippen LogP contribution in [0.15, 0.2) is 24.4 Å². The monoisotopic (exact) mass is 249 g/mol. The molecular formula is C14H16ClNO. The average Bonchev–Trinajstić information content (AvgIpc) is 2.67. The van der Waals surface area contributed by atoms with E-state index in [1.165, 1.54) is 10.9 Å². The van der Waals surface area contributed by atoms with E-state index in [0.29, 0.717) is 0 Å². The number of aromatic nitrogens is 1. The molecule has 1 aromatic heterocycles. The van der Waals surface area contributed by atoms with Gasteiger partial charge in [0.1, 0.15) is 0 Å². The number of rotatable bonds is 2. The fraction of sp³-hybridized carbons (Fsp3) is 0.429. The summed E-state index contributed by atoms with van der Waals surface area (Å²) in [7, 11) is 0. The zero-order valence-electron chi connectivity index (χ0n) is 10.0. The number of aliphatic hydroxyl groups excluding tert-OH is 1. The second-order valence-corrected chi connectivity index (χ2v) is 6.13. The van der Waals surface area contributed by atoms with Gasteiger partial charge in [0.05, 0.1) is 6.61 Å². The summed E-state index contributed by atoms with van der Waals surface area (Å²) in [6.07, 6.45) is 3.05. The van der Waals surface area contributed by atoms with E-state index >= 15 is 0 Å². The van der Waals surface area contributed by atoms with Gasteiger partial charge in [0.2, 0.25) is 0 Å². The fourth-order valence-corrected chi connectivity index (χ4v) is 3.19. The molecule has 2 aromatic rings. The van der Waals surface area contributed by atoms with E-state index in [1.54, 1.807) is 0 Å². The van der Waals surface area contributed by atoms with Crippen molar-refractivity contribution in [2.45, 2.75) is 25.7 Å². The van der Waals surface area contributed by atoms with Crippen LogP contribution in [0.2, 0.25) is 5.02 Å². The summed E-state index contributed by atoms with van der Waals surface area (Å²) < 4.78 is 0. The zero-order valence-corrected chi connectivity index (χ0v) is 10.8. The van der Waals surface area contributed by atoms with Crippen LogP contribution in [-0.2, 0) is 5.41 Å². The average molecular weight is 250 g/mol. The molecule has 0 saturated heterocycles. The molecule has 0 bridgehead atoms. The van der Waals surface area contributed by atoms with Crippen molar-refractivity contribution < 1.29 is 5.11 Å². The van der Waals surface area contributed by atoms with E-state index in [2.05, 4.69) is 18.8 Å². The maximum Gasteiger partial charge on any atom is 0.0534 e. The first kappa shape index (κ1) is 11.1. The van der Waals surface area contributed by atoms with Gasteiger partial charge in [-0.25, -0.2) is 0 Å². The van der Waals surface area contributed by atoms with Crippen molar-refractivity contribution in [1.82, 2.24) is 4.98 Å². The number of fused-ring (bicyclic) bond motifs is 1. The van der Waals surface area contributed by atoms with Crippen molar-refractivity contribution >= 4 is 22.5 Å². The lowest BCUT2D eigenvalue weighted by molar-refractivity contribution is 0.232. The third-order valence-corrected chi connectivity index (χ3v) is 4.58. The molecule has 1 heterocycles. The SMILES string of the molecule is CC1(C)CC1(CO)c1c[nH]c2cc(Cl)ccc12. The van der Waals surface area contributed by atoms with Crippen molar-refractivity contribution in [1.29, 1.82) is 0 Å². The van der Waals surface area contributed by atoms with Gasteiger partial charge in [0, 0.05) is 27.5 Å². The van der Waals surface area contributed by atoms with Gasteiger partial charge in [-0.15, -0.1) is 0 Å². The highest BCUT2D eigenvalue weighted by atomic mass is 35.5. The first-order chi connectivity index (χ1) is 8.00. The van der Waals surface area contributed by atoms with Crippen LogP contribution in [0.5, 0.6) is 0 Å². The molecule has 90 valence electrons. The normalized spacial score (nSPS) is 26.4. The summed E-state index contributed by atoms with van der Waals surface area (Å²) in [5.41, 5.74) is 2.36. The quantitative estimate of drug-likeness (QED) is 0.840. The minimum Gasteiger partial charge on any atom is -0.395 e. The van der Waals surface area contributed by atoms with Gasteiger partial charge >= 0.3 is 0 Å². The highest BCUT2D eigenvalue weighted by Gasteiger charge is 2.62. The fourth-order valence-electron chi connectivity index (χ4n) is 3.02. The Bertz CT molecular complexity index is 587. The number of nitrogens with one attached hydrogen (secondary N) is 1. The van der Waals surface area contributed by atoms with E-state index in [9.17, 15) is 5.11 Å². The smallest absolute Gasteiger partial charge is 0.0534 e. The summed E-state index contributed by atoms with van der Waals surface area (Å²) in [5.74, 6) is 0. The lowest BCUT2D eigenvalue weighted by Gasteiger charge is -2.17. The molecule has 1 fully saturated rings. The number of halogens is 1. The summed E-state index contributed by atoms with van der Waals surface area (Å²) in [6, 6.07) is 5.87. The third kappa shape index (κ3) is 1.37. The Morgan fingerprint density at radius 3 is 2.71 bits per heavy atom. The standard InChI is InChI=1S/C14H16ClNO/c1-13(2)7-14(13,8-17)11-6-16-12-5-9(15)3-4-10(11)12/h3-6,16-17H,7-8H2,1-2H3. The lowest BCUT2D eigenvalue weighted by Crippen LogP contribution is -2.18. The van der Waals surface area contributed by atoms with E-state index in [1.807, 2.05) is 24.4 Å². The second kappa shape index (κ2) is 3.27. The Morgan fingerprint density at radius 2 is 2.12 bits per heavy atom. The Hall–Kier alpha value is -0.990. The Morgan fingerprint density at radius 1 is 1.41 bits per heavy atom. The molecule has 0 radical (unpaired) electrons. The van der Waals surface area contributed by atoms with Crippen molar-refractivity contribution in [3.05, 3.63) is 35.0 Å². The minimum absolute atomic E-state index is 0.0842. The van der Waals surface area contributed by atoms with Crippen molar-refractivity contribution in [2.24, 2.45) is 5.41 Å². The molecule has 17 heavy (non-hydrogen) atoms. The summed E-state index contributed by atoms with van der Waals surface area (Å²) in [5, 5.41) is 11.6. The number of H-pyrrole nitrogens is 1. The molecule has 3 heteroatoms. The highest BCUT2D eigenvalue weighted by molar-refractivity contribution is 6.31. The van der Waals surface area contributed by atoms with Crippen LogP contribution in [0.25, 0.3) is 10.9 Å². The number of hydrogen-bond donors (Lipinski definition) is 2. The van der Waals surface area contributed by atoms with Gasteiger partial charge in [0.25, 0.3) is 0 Å². The van der Waals surface area contributed by atoms with Gasteiger partial charge in [-0.05, 0) is 29.5 Å². The molecule has 0 spiro atoms.